The van der Waals surface area contributed by atoms with E-state index in [2.05, 4.69) is 20.6 Å². The maximum Gasteiger partial charge on any atom is 0.266 e. The van der Waals surface area contributed by atoms with Crippen molar-refractivity contribution in [3.8, 4) is 0 Å². The zero-order chi connectivity index (χ0) is 11.4. The number of hydrogen-bond donors (Lipinski definition) is 3. The zero-order valence-corrected chi connectivity index (χ0v) is 11.1. The van der Waals surface area contributed by atoms with Crippen molar-refractivity contribution in [3.63, 3.8) is 0 Å². The summed E-state index contributed by atoms with van der Waals surface area (Å²) in [5, 5.41) is 6.61. The monoisotopic (exact) mass is 334 g/mol. The number of H-pyrrole nitrogens is 1. The first kappa shape index (κ1) is 11.8. The first-order valence-corrected chi connectivity index (χ1v) is 6.53. The van der Waals surface area contributed by atoms with Gasteiger partial charge in [-0.2, -0.15) is 0 Å². The van der Waals surface area contributed by atoms with Crippen LogP contribution in [0.4, 0.5) is 5.82 Å². The van der Waals surface area contributed by atoms with E-state index in [-0.39, 0.29) is 5.56 Å². The molecule has 1 fully saturated rings. The van der Waals surface area contributed by atoms with E-state index < -0.39 is 0 Å². The molecule has 2 heterocycles. The standard InChI is InChI=1S/C10H15IN4O/c11-8-9(14-6-15-10(8)16)13-5-7-2-1-3-12-4-7/h6-7,12H,1-5H2,(H2,13,14,15,16). The van der Waals surface area contributed by atoms with Crippen LogP contribution in [0, 0.1) is 9.49 Å². The molecule has 1 aromatic rings. The Morgan fingerprint density at radius 1 is 1.62 bits per heavy atom. The average Bonchev–Trinajstić information content (AvgIpc) is 2.32. The molecular weight excluding hydrogens is 319 g/mol. The first-order chi connectivity index (χ1) is 7.77. The first-order valence-electron chi connectivity index (χ1n) is 5.45. The molecule has 1 aliphatic rings. The molecule has 1 aromatic heterocycles. The highest BCUT2D eigenvalue weighted by atomic mass is 127. The fourth-order valence-electron chi connectivity index (χ4n) is 1.85. The molecule has 1 atom stereocenters. The van der Waals surface area contributed by atoms with Crippen LogP contribution in [-0.4, -0.2) is 29.6 Å². The van der Waals surface area contributed by atoms with Crippen LogP contribution in [0.3, 0.4) is 0 Å². The predicted molar refractivity (Wildman–Crippen MR) is 71.7 cm³/mol. The number of piperidine rings is 1. The van der Waals surface area contributed by atoms with Crippen molar-refractivity contribution < 1.29 is 0 Å². The molecule has 0 aliphatic carbocycles. The molecule has 88 valence electrons. The molecule has 0 amide bonds. The third-order valence-electron chi connectivity index (χ3n) is 2.75. The van der Waals surface area contributed by atoms with Gasteiger partial charge in [-0.1, -0.05) is 0 Å². The lowest BCUT2D eigenvalue weighted by Gasteiger charge is -2.23. The Kier molecular flexibility index (Phi) is 4.16. The van der Waals surface area contributed by atoms with Crippen LogP contribution >= 0.6 is 22.6 Å². The zero-order valence-electron chi connectivity index (χ0n) is 8.92. The lowest BCUT2D eigenvalue weighted by Crippen LogP contribution is -2.34. The molecule has 6 heteroatoms. The van der Waals surface area contributed by atoms with Crippen LogP contribution < -0.4 is 16.2 Å². The quantitative estimate of drug-likeness (QED) is 0.715. The van der Waals surface area contributed by atoms with Crippen LogP contribution in [0.1, 0.15) is 12.8 Å². The number of anilines is 1. The third-order valence-corrected chi connectivity index (χ3v) is 3.75. The van der Waals surface area contributed by atoms with Crippen LogP contribution in [-0.2, 0) is 0 Å². The Morgan fingerprint density at radius 3 is 3.25 bits per heavy atom. The number of aromatic amines is 1. The number of rotatable bonds is 3. The minimum Gasteiger partial charge on any atom is -0.369 e. The molecule has 2 rings (SSSR count). The highest BCUT2D eigenvalue weighted by Gasteiger charge is 2.13. The maximum absolute atomic E-state index is 11.3. The molecule has 5 nitrogen and oxygen atoms in total. The van der Waals surface area contributed by atoms with Gasteiger partial charge in [0.05, 0.1) is 6.33 Å². The molecule has 1 unspecified atom stereocenters. The van der Waals surface area contributed by atoms with Crippen LogP contribution in [0.2, 0.25) is 0 Å². The number of halogens is 1. The summed E-state index contributed by atoms with van der Waals surface area (Å²) >= 11 is 2.01. The Bertz CT molecular complexity index is 400. The second-order valence-corrected chi connectivity index (χ2v) is 5.07. The van der Waals surface area contributed by atoms with Gasteiger partial charge < -0.3 is 15.6 Å². The number of nitrogens with one attached hydrogen (secondary N) is 3. The predicted octanol–water partition coefficient (Wildman–Crippen LogP) is 0.786. The molecule has 16 heavy (non-hydrogen) atoms. The highest BCUT2D eigenvalue weighted by molar-refractivity contribution is 14.1. The number of hydrogen-bond acceptors (Lipinski definition) is 4. The topological polar surface area (TPSA) is 69.8 Å². The number of nitrogens with zero attached hydrogens (tertiary/aromatic N) is 1. The fraction of sp³-hybridized carbons (Fsp3) is 0.600. The molecule has 1 aliphatic heterocycles. The summed E-state index contributed by atoms with van der Waals surface area (Å²) in [7, 11) is 0. The van der Waals surface area contributed by atoms with Gasteiger partial charge >= 0.3 is 0 Å². The van der Waals surface area contributed by atoms with E-state index in [4.69, 9.17) is 0 Å². The Labute approximate surface area is 108 Å². The molecule has 0 radical (unpaired) electrons. The van der Waals surface area contributed by atoms with E-state index in [1.807, 2.05) is 22.6 Å². The third kappa shape index (κ3) is 2.94. The molecule has 3 N–H and O–H groups in total. The molecule has 0 saturated carbocycles. The van der Waals surface area contributed by atoms with Crippen molar-refractivity contribution in [1.29, 1.82) is 0 Å². The number of aromatic nitrogens is 2. The van der Waals surface area contributed by atoms with Crippen molar-refractivity contribution >= 4 is 28.4 Å². The van der Waals surface area contributed by atoms with E-state index in [0.717, 1.165) is 19.6 Å². The lowest BCUT2D eigenvalue weighted by atomic mass is 10.00. The van der Waals surface area contributed by atoms with Crippen molar-refractivity contribution in [1.82, 2.24) is 15.3 Å². The smallest absolute Gasteiger partial charge is 0.266 e. The molecule has 0 spiro atoms. The largest absolute Gasteiger partial charge is 0.369 e. The maximum atomic E-state index is 11.3. The van der Waals surface area contributed by atoms with Crippen LogP contribution in [0.15, 0.2) is 11.1 Å². The highest BCUT2D eigenvalue weighted by Crippen LogP contribution is 2.13. The Hall–Kier alpha value is -0.630. The van der Waals surface area contributed by atoms with Gasteiger partial charge in [-0.05, 0) is 54.4 Å². The van der Waals surface area contributed by atoms with Gasteiger partial charge in [0, 0.05) is 6.54 Å². The summed E-state index contributed by atoms with van der Waals surface area (Å²) < 4.78 is 0.629. The van der Waals surface area contributed by atoms with Gasteiger partial charge in [0.2, 0.25) is 0 Å². The lowest BCUT2D eigenvalue weighted by molar-refractivity contribution is 0.392. The summed E-state index contributed by atoms with van der Waals surface area (Å²) in [6, 6.07) is 0. The summed E-state index contributed by atoms with van der Waals surface area (Å²) in [4.78, 5) is 18.0. The van der Waals surface area contributed by atoms with E-state index in [1.54, 1.807) is 0 Å². The Balaban J connectivity index is 1.93. The molecular formula is C10H15IN4O. The van der Waals surface area contributed by atoms with Crippen molar-refractivity contribution in [3.05, 3.63) is 20.3 Å². The van der Waals surface area contributed by atoms with Gasteiger partial charge in [0.25, 0.3) is 5.56 Å². The summed E-state index contributed by atoms with van der Waals surface area (Å²) in [6.45, 7) is 3.05. The molecule has 1 saturated heterocycles. The van der Waals surface area contributed by atoms with E-state index in [0.29, 0.717) is 15.3 Å². The van der Waals surface area contributed by atoms with Gasteiger partial charge in [0.1, 0.15) is 9.39 Å². The van der Waals surface area contributed by atoms with Crippen LogP contribution in [0.25, 0.3) is 0 Å². The minimum atomic E-state index is -0.0835. The van der Waals surface area contributed by atoms with Gasteiger partial charge in [-0.15, -0.1) is 0 Å². The summed E-state index contributed by atoms with van der Waals surface area (Å²) in [5.41, 5.74) is -0.0835. The second kappa shape index (κ2) is 5.62. The van der Waals surface area contributed by atoms with E-state index in [1.165, 1.54) is 19.2 Å². The van der Waals surface area contributed by atoms with Gasteiger partial charge in [0.15, 0.2) is 0 Å². The van der Waals surface area contributed by atoms with E-state index in [9.17, 15) is 4.79 Å². The molecule has 0 bridgehead atoms. The van der Waals surface area contributed by atoms with Crippen molar-refractivity contribution in [2.24, 2.45) is 5.92 Å². The van der Waals surface area contributed by atoms with Crippen molar-refractivity contribution in [2.45, 2.75) is 12.8 Å². The van der Waals surface area contributed by atoms with Crippen molar-refractivity contribution in [2.75, 3.05) is 25.0 Å². The summed E-state index contributed by atoms with van der Waals surface area (Å²) in [6.07, 6.45) is 3.90. The SMILES string of the molecule is O=c1[nH]cnc(NCC2CCCNC2)c1I. The molecule has 0 aromatic carbocycles. The second-order valence-electron chi connectivity index (χ2n) is 3.99. The van der Waals surface area contributed by atoms with E-state index >= 15 is 0 Å². The average molecular weight is 334 g/mol. The minimum absolute atomic E-state index is 0.0835. The normalized spacial score (nSPS) is 20.7. The fourth-order valence-corrected chi connectivity index (χ4v) is 2.33. The Morgan fingerprint density at radius 2 is 2.50 bits per heavy atom. The van der Waals surface area contributed by atoms with Gasteiger partial charge in [-0.25, -0.2) is 4.98 Å². The summed E-state index contributed by atoms with van der Waals surface area (Å²) in [5.74, 6) is 1.32. The van der Waals surface area contributed by atoms with Crippen LogP contribution in [0.5, 0.6) is 0 Å². The van der Waals surface area contributed by atoms with Gasteiger partial charge in [-0.3, -0.25) is 4.79 Å².